The fraction of sp³-hybridized carbons (Fsp3) is 0.0476. The first-order valence-corrected chi connectivity index (χ1v) is 8.39. The first kappa shape index (κ1) is 17.5. The zero-order valence-corrected chi connectivity index (χ0v) is 14.9. The lowest BCUT2D eigenvalue weighted by molar-refractivity contribution is -0.112. The predicted molar refractivity (Wildman–Crippen MR) is 104 cm³/mol. The van der Waals surface area contributed by atoms with Crippen LogP contribution in [0.2, 0.25) is 5.02 Å². The molecule has 0 fully saturated rings. The molecule has 0 saturated heterocycles. The van der Waals surface area contributed by atoms with Crippen molar-refractivity contribution in [3.63, 3.8) is 0 Å². The van der Waals surface area contributed by atoms with Gasteiger partial charge >= 0.3 is 0 Å². The van der Waals surface area contributed by atoms with Crippen molar-refractivity contribution in [2.45, 2.75) is 6.92 Å². The Labute approximate surface area is 157 Å². The normalized spacial score (nSPS) is 11.0. The molecule has 2 aromatic carbocycles. The minimum Gasteiger partial charge on any atom is -0.321 e. The van der Waals surface area contributed by atoms with E-state index in [1.165, 1.54) is 0 Å². The number of hydrogen-bond donors (Lipinski definition) is 1. The molecule has 1 N–H and O–H groups in total. The Hall–Kier alpha value is -3.29. The van der Waals surface area contributed by atoms with E-state index in [0.717, 1.165) is 17.1 Å². The van der Waals surface area contributed by atoms with Crippen LogP contribution < -0.4 is 5.32 Å². The highest BCUT2D eigenvalue weighted by Crippen LogP contribution is 2.20. The van der Waals surface area contributed by atoms with Crippen molar-refractivity contribution in [3.8, 4) is 11.8 Å². The minimum atomic E-state index is -0.465. The van der Waals surface area contributed by atoms with E-state index in [2.05, 4.69) is 5.32 Å². The molecular weight excluding hydrogens is 346 g/mol. The maximum atomic E-state index is 12.4. The molecule has 0 radical (unpaired) electrons. The molecule has 26 heavy (non-hydrogen) atoms. The number of aromatic nitrogens is 1. The van der Waals surface area contributed by atoms with Crippen LogP contribution in [0.25, 0.3) is 11.8 Å². The zero-order valence-electron chi connectivity index (χ0n) is 14.1. The van der Waals surface area contributed by atoms with E-state index in [1.807, 2.05) is 60.0 Å². The lowest BCUT2D eigenvalue weighted by atomic mass is 10.2. The van der Waals surface area contributed by atoms with Crippen LogP contribution in [-0.2, 0) is 4.79 Å². The van der Waals surface area contributed by atoms with Crippen LogP contribution in [0, 0.1) is 18.3 Å². The SMILES string of the molecule is Cc1ccc(/C=C(/C#N)C(=O)Nc2ccc(Cl)cc2)n1-c1ccccc1. The lowest BCUT2D eigenvalue weighted by Gasteiger charge is -2.10. The van der Waals surface area contributed by atoms with Gasteiger partial charge in [0.25, 0.3) is 5.91 Å². The van der Waals surface area contributed by atoms with Crippen LogP contribution in [-0.4, -0.2) is 10.5 Å². The van der Waals surface area contributed by atoms with Crippen LogP contribution in [0.4, 0.5) is 5.69 Å². The van der Waals surface area contributed by atoms with Gasteiger partial charge in [-0.25, -0.2) is 0 Å². The fourth-order valence-corrected chi connectivity index (χ4v) is 2.76. The third kappa shape index (κ3) is 3.85. The molecule has 0 aliphatic heterocycles. The Morgan fingerprint density at radius 3 is 2.42 bits per heavy atom. The summed E-state index contributed by atoms with van der Waals surface area (Å²) in [5, 5.41) is 12.7. The van der Waals surface area contributed by atoms with Crippen LogP contribution in [0.15, 0.2) is 72.3 Å². The molecular formula is C21H16ClN3O. The maximum absolute atomic E-state index is 12.4. The molecule has 0 atom stereocenters. The molecule has 1 heterocycles. The summed E-state index contributed by atoms with van der Waals surface area (Å²) in [5.41, 5.74) is 3.34. The third-order valence-corrected chi connectivity index (χ3v) is 4.13. The molecule has 0 aliphatic carbocycles. The third-order valence-electron chi connectivity index (χ3n) is 3.88. The van der Waals surface area contributed by atoms with Gasteiger partial charge in [0.15, 0.2) is 0 Å². The second-order valence-corrected chi connectivity index (χ2v) is 6.14. The van der Waals surface area contributed by atoms with E-state index < -0.39 is 5.91 Å². The topological polar surface area (TPSA) is 57.8 Å². The van der Waals surface area contributed by atoms with Gasteiger partial charge < -0.3 is 9.88 Å². The molecule has 0 saturated carbocycles. The highest BCUT2D eigenvalue weighted by atomic mass is 35.5. The second kappa shape index (κ2) is 7.73. The van der Waals surface area contributed by atoms with Gasteiger partial charge in [0, 0.05) is 27.8 Å². The number of carbonyl (C=O) groups is 1. The standard InChI is InChI=1S/C21H16ClN3O/c1-15-7-12-20(25(15)19-5-3-2-4-6-19)13-16(14-23)21(26)24-18-10-8-17(22)9-11-18/h2-13H,1H3,(H,24,26)/b16-13-. The molecule has 5 heteroatoms. The molecule has 0 bridgehead atoms. The molecule has 0 spiro atoms. The fourth-order valence-electron chi connectivity index (χ4n) is 2.63. The molecule has 0 unspecified atom stereocenters. The number of para-hydroxylation sites is 1. The number of benzene rings is 2. The van der Waals surface area contributed by atoms with Gasteiger partial charge in [-0.05, 0) is 61.5 Å². The summed E-state index contributed by atoms with van der Waals surface area (Å²) in [6.45, 7) is 1.98. The largest absolute Gasteiger partial charge is 0.321 e. The van der Waals surface area contributed by atoms with Gasteiger partial charge in [-0.1, -0.05) is 29.8 Å². The smallest absolute Gasteiger partial charge is 0.266 e. The molecule has 0 aliphatic rings. The number of hydrogen-bond acceptors (Lipinski definition) is 2. The van der Waals surface area contributed by atoms with Crippen molar-refractivity contribution in [3.05, 3.63) is 88.7 Å². The van der Waals surface area contributed by atoms with E-state index in [-0.39, 0.29) is 5.57 Å². The number of anilines is 1. The van der Waals surface area contributed by atoms with Gasteiger partial charge in [0.1, 0.15) is 11.6 Å². The van der Waals surface area contributed by atoms with Crippen molar-refractivity contribution in [1.82, 2.24) is 4.57 Å². The summed E-state index contributed by atoms with van der Waals surface area (Å²) in [6.07, 6.45) is 1.59. The highest BCUT2D eigenvalue weighted by molar-refractivity contribution is 6.30. The van der Waals surface area contributed by atoms with Gasteiger partial charge in [-0.2, -0.15) is 5.26 Å². The van der Waals surface area contributed by atoms with Gasteiger partial charge in [0.05, 0.1) is 0 Å². The molecule has 1 amide bonds. The van der Waals surface area contributed by atoms with Gasteiger partial charge in [-0.3, -0.25) is 4.79 Å². The number of aryl methyl sites for hydroxylation is 1. The van der Waals surface area contributed by atoms with Gasteiger partial charge in [-0.15, -0.1) is 0 Å². The summed E-state index contributed by atoms with van der Waals surface area (Å²) in [4.78, 5) is 12.4. The number of nitriles is 1. The number of amides is 1. The van der Waals surface area contributed by atoms with E-state index in [9.17, 15) is 10.1 Å². The molecule has 3 aromatic rings. The molecule has 4 nitrogen and oxygen atoms in total. The Balaban J connectivity index is 1.92. The Morgan fingerprint density at radius 2 is 1.77 bits per heavy atom. The number of halogens is 1. The summed E-state index contributed by atoms with van der Waals surface area (Å²) >= 11 is 5.84. The van der Waals surface area contributed by atoms with Crippen molar-refractivity contribution < 1.29 is 4.79 Å². The summed E-state index contributed by atoms with van der Waals surface area (Å²) in [7, 11) is 0. The van der Waals surface area contributed by atoms with E-state index in [1.54, 1.807) is 30.3 Å². The first-order chi connectivity index (χ1) is 12.6. The van der Waals surface area contributed by atoms with Crippen molar-refractivity contribution >= 4 is 29.3 Å². The zero-order chi connectivity index (χ0) is 18.5. The summed E-state index contributed by atoms with van der Waals surface area (Å²) in [6, 6.07) is 22.3. The molecule has 1 aromatic heterocycles. The summed E-state index contributed by atoms with van der Waals surface area (Å²) in [5.74, 6) is -0.465. The highest BCUT2D eigenvalue weighted by Gasteiger charge is 2.12. The Bertz CT molecular complexity index is 996. The van der Waals surface area contributed by atoms with E-state index in [4.69, 9.17) is 11.6 Å². The minimum absolute atomic E-state index is 0.0234. The predicted octanol–water partition coefficient (Wildman–Crippen LogP) is 4.98. The number of nitrogens with zero attached hydrogens (tertiary/aromatic N) is 2. The number of nitrogens with one attached hydrogen (secondary N) is 1. The molecule has 3 rings (SSSR count). The number of carbonyl (C=O) groups excluding carboxylic acids is 1. The van der Waals surface area contributed by atoms with E-state index >= 15 is 0 Å². The summed E-state index contributed by atoms with van der Waals surface area (Å²) < 4.78 is 1.99. The van der Waals surface area contributed by atoms with E-state index in [0.29, 0.717) is 10.7 Å². The second-order valence-electron chi connectivity index (χ2n) is 5.70. The van der Waals surface area contributed by atoms with Gasteiger partial charge in [0.2, 0.25) is 0 Å². The first-order valence-electron chi connectivity index (χ1n) is 8.01. The van der Waals surface area contributed by atoms with Crippen molar-refractivity contribution in [2.24, 2.45) is 0 Å². The number of rotatable bonds is 4. The lowest BCUT2D eigenvalue weighted by Crippen LogP contribution is -2.13. The maximum Gasteiger partial charge on any atom is 0.266 e. The monoisotopic (exact) mass is 361 g/mol. The van der Waals surface area contributed by atoms with Crippen LogP contribution >= 0.6 is 11.6 Å². The average Bonchev–Trinajstić information content (AvgIpc) is 3.02. The average molecular weight is 362 g/mol. The van der Waals surface area contributed by atoms with Crippen molar-refractivity contribution in [2.75, 3.05) is 5.32 Å². The van der Waals surface area contributed by atoms with Crippen LogP contribution in [0.3, 0.4) is 0 Å². The van der Waals surface area contributed by atoms with Crippen molar-refractivity contribution in [1.29, 1.82) is 5.26 Å². The quantitative estimate of drug-likeness (QED) is 0.526. The Morgan fingerprint density at radius 1 is 1.08 bits per heavy atom. The Kier molecular flexibility index (Phi) is 5.21. The molecule has 128 valence electrons. The van der Waals surface area contributed by atoms with Crippen LogP contribution in [0.1, 0.15) is 11.4 Å². The van der Waals surface area contributed by atoms with Crippen LogP contribution in [0.5, 0.6) is 0 Å².